The number of nitrogen functional groups attached to an aromatic ring is 1. The highest BCUT2D eigenvalue weighted by atomic mass is 16.5. The average molecular weight is 251 g/mol. The second-order valence-electron chi connectivity index (χ2n) is 4.14. The smallest absolute Gasteiger partial charge is 0.340 e. The van der Waals surface area contributed by atoms with E-state index in [0.717, 1.165) is 13.0 Å². The summed E-state index contributed by atoms with van der Waals surface area (Å²) in [6.45, 7) is 3.02. The molecule has 0 atom stereocenters. The van der Waals surface area contributed by atoms with Crippen LogP contribution in [-0.2, 0) is 4.74 Å². The fourth-order valence-corrected chi connectivity index (χ4v) is 1.62. The Balaban J connectivity index is 2.54. The van der Waals surface area contributed by atoms with E-state index in [4.69, 9.17) is 5.73 Å². The van der Waals surface area contributed by atoms with E-state index in [1.807, 2.05) is 0 Å². The third-order valence-corrected chi connectivity index (χ3v) is 2.68. The Kier molecular flexibility index (Phi) is 5.97. The van der Waals surface area contributed by atoms with Gasteiger partial charge in [0.15, 0.2) is 0 Å². The molecule has 0 amide bonds. The highest BCUT2D eigenvalue weighted by Crippen LogP contribution is 2.15. The molecule has 0 saturated carbocycles. The monoisotopic (exact) mass is 251 g/mol. The zero-order chi connectivity index (χ0) is 13.4. The normalized spacial score (nSPS) is 10.1. The Morgan fingerprint density at radius 3 is 2.89 bits per heavy atom. The molecule has 0 aliphatic carbocycles. The number of unbranched alkanes of at least 4 members (excludes halogenated alkanes) is 3. The van der Waals surface area contributed by atoms with Crippen molar-refractivity contribution in [3.63, 3.8) is 0 Å². The Bertz CT molecular complexity index is 394. The zero-order valence-electron chi connectivity index (χ0n) is 11.0. The van der Waals surface area contributed by atoms with Gasteiger partial charge in [-0.2, -0.15) is 0 Å². The largest absolute Gasteiger partial charge is 0.465 e. The Hall–Kier alpha value is -1.78. The lowest BCUT2D eigenvalue weighted by Crippen LogP contribution is -2.09. The minimum atomic E-state index is -0.441. The Morgan fingerprint density at radius 2 is 2.22 bits per heavy atom. The average Bonchev–Trinajstić information content (AvgIpc) is 2.39. The molecule has 0 aliphatic heterocycles. The van der Waals surface area contributed by atoms with E-state index in [1.165, 1.54) is 32.6 Å². The number of ether oxygens (including phenoxy) is 1. The number of nitrogens with one attached hydrogen (secondary N) is 1. The lowest BCUT2D eigenvalue weighted by Gasteiger charge is -2.08. The van der Waals surface area contributed by atoms with Crippen LogP contribution in [0.2, 0.25) is 0 Å². The van der Waals surface area contributed by atoms with E-state index in [1.54, 1.807) is 6.07 Å². The van der Waals surface area contributed by atoms with Crippen LogP contribution in [0, 0.1) is 0 Å². The molecule has 5 nitrogen and oxygen atoms in total. The molecule has 0 spiro atoms. The standard InChI is InChI=1S/C13H21N3O2/c1-3-4-5-6-7-15-12-8-10(13(17)18-2)11(14)9-16-12/h8-9H,3-7,14H2,1-2H3,(H,15,16). The van der Waals surface area contributed by atoms with Crippen molar-refractivity contribution in [1.29, 1.82) is 0 Å². The molecule has 1 rings (SSSR count). The molecule has 0 fully saturated rings. The summed E-state index contributed by atoms with van der Waals surface area (Å²) in [4.78, 5) is 15.6. The highest BCUT2D eigenvalue weighted by molar-refractivity contribution is 5.95. The first-order valence-corrected chi connectivity index (χ1v) is 6.26. The van der Waals surface area contributed by atoms with Gasteiger partial charge in [-0.15, -0.1) is 0 Å². The fourth-order valence-electron chi connectivity index (χ4n) is 1.62. The van der Waals surface area contributed by atoms with Crippen molar-refractivity contribution in [2.24, 2.45) is 0 Å². The number of nitrogens with zero attached hydrogens (tertiary/aromatic N) is 1. The Labute approximate surface area is 108 Å². The minimum Gasteiger partial charge on any atom is -0.465 e. The van der Waals surface area contributed by atoms with Gasteiger partial charge in [0, 0.05) is 6.54 Å². The van der Waals surface area contributed by atoms with Gasteiger partial charge in [-0.05, 0) is 12.5 Å². The van der Waals surface area contributed by atoms with Crippen LogP contribution in [0.3, 0.4) is 0 Å². The number of anilines is 2. The number of pyridine rings is 1. The molecule has 3 N–H and O–H groups in total. The topological polar surface area (TPSA) is 77.2 Å². The first kappa shape index (κ1) is 14.3. The number of carbonyl (C=O) groups is 1. The van der Waals surface area contributed by atoms with E-state index in [0.29, 0.717) is 17.1 Å². The van der Waals surface area contributed by atoms with Gasteiger partial charge in [-0.3, -0.25) is 0 Å². The number of rotatable bonds is 7. The van der Waals surface area contributed by atoms with Crippen LogP contribution in [-0.4, -0.2) is 24.6 Å². The molecule has 1 aromatic heterocycles. The quantitative estimate of drug-likeness (QED) is 0.575. The van der Waals surface area contributed by atoms with Crippen LogP contribution in [0.15, 0.2) is 12.3 Å². The summed E-state index contributed by atoms with van der Waals surface area (Å²) in [5.74, 6) is 0.213. The third kappa shape index (κ3) is 4.24. The second-order valence-corrected chi connectivity index (χ2v) is 4.14. The van der Waals surface area contributed by atoms with Crippen LogP contribution in [0.1, 0.15) is 43.0 Å². The van der Waals surface area contributed by atoms with Crippen molar-refractivity contribution in [1.82, 2.24) is 4.98 Å². The molecule has 5 heteroatoms. The number of hydrogen-bond donors (Lipinski definition) is 2. The first-order valence-electron chi connectivity index (χ1n) is 6.26. The lowest BCUT2D eigenvalue weighted by atomic mass is 10.2. The van der Waals surface area contributed by atoms with Crippen molar-refractivity contribution in [3.05, 3.63) is 17.8 Å². The first-order chi connectivity index (χ1) is 8.69. The molecule has 0 aromatic carbocycles. The summed E-state index contributed by atoms with van der Waals surface area (Å²) >= 11 is 0. The molecule has 0 aliphatic rings. The Morgan fingerprint density at radius 1 is 1.44 bits per heavy atom. The van der Waals surface area contributed by atoms with Gasteiger partial charge in [-0.25, -0.2) is 9.78 Å². The van der Waals surface area contributed by atoms with Gasteiger partial charge in [0.1, 0.15) is 5.82 Å². The molecule has 1 aromatic rings. The number of carbonyl (C=O) groups excluding carboxylic acids is 1. The molecular formula is C13H21N3O2. The number of methoxy groups -OCH3 is 1. The number of aromatic nitrogens is 1. The van der Waals surface area contributed by atoms with Gasteiger partial charge in [-0.1, -0.05) is 26.2 Å². The lowest BCUT2D eigenvalue weighted by molar-refractivity contribution is 0.0602. The van der Waals surface area contributed by atoms with Gasteiger partial charge >= 0.3 is 5.97 Å². The predicted octanol–water partition coefficient (Wildman–Crippen LogP) is 2.44. The van der Waals surface area contributed by atoms with Gasteiger partial charge in [0.2, 0.25) is 0 Å². The van der Waals surface area contributed by atoms with Crippen molar-refractivity contribution in [2.45, 2.75) is 32.6 Å². The van der Waals surface area contributed by atoms with Crippen molar-refractivity contribution in [2.75, 3.05) is 24.7 Å². The molecule has 0 radical (unpaired) electrons. The molecule has 100 valence electrons. The maximum absolute atomic E-state index is 11.4. The number of esters is 1. The summed E-state index contributed by atoms with van der Waals surface area (Å²) in [6.07, 6.45) is 6.22. The summed E-state index contributed by atoms with van der Waals surface area (Å²) in [5, 5.41) is 3.18. The van der Waals surface area contributed by atoms with E-state index in [9.17, 15) is 4.79 Å². The molecular weight excluding hydrogens is 230 g/mol. The van der Waals surface area contributed by atoms with Crippen LogP contribution in [0.4, 0.5) is 11.5 Å². The van der Waals surface area contributed by atoms with Crippen LogP contribution in [0.25, 0.3) is 0 Å². The molecule has 18 heavy (non-hydrogen) atoms. The van der Waals surface area contributed by atoms with Crippen molar-refractivity contribution >= 4 is 17.5 Å². The third-order valence-electron chi connectivity index (χ3n) is 2.68. The maximum Gasteiger partial charge on any atom is 0.340 e. The maximum atomic E-state index is 11.4. The van der Waals surface area contributed by atoms with Crippen LogP contribution in [0.5, 0.6) is 0 Å². The second kappa shape index (κ2) is 7.53. The van der Waals surface area contributed by atoms with Gasteiger partial charge in [0.05, 0.1) is 24.6 Å². The van der Waals surface area contributed by atoms with E-state index < -0.39 is 5.97 Å². The fraction of sp³-hybridized carbons (Fsp3) is 0.538. The van der Waals surface area contributed by atoms with Gasteiger partial charge < -0.3 is 15.8 Å². The van der Waals surface area contributed by atoms with Crippen LogP contribution < -0.4 is 11.1 Å². The number of hydrogen-bond acceptors (Lipinski definition) is 5. The van der Waals surface area contributed by atoms with Crippen molar-refractivity contribution < 1.29 is 9.53 Å². The van der Waals surface area contributed by atoms with E-state index >= 15 is 0 Å². The molecule has 0 bridgehead atoms. The molecule has 0 unspecified atom stereocenters. The van der Waals surface area contributed by atoms with E-state index in [2.05, 4.69) is 22.0 Å². The summed E-state index contributed by atoms with van der Waals surface area (Å²) in [7, 11) is 1.33. The predicted molar refractivity (Wildman–Crippen MR) is 72.6 cm³/mol. The van der Waals surface area contributed by atoms with Gasteiger partial charge in [0.25, 0.3) is 0 Å². The van der Waals surface area contributed by atoms with Crippen LogP contribution >= 0.6 is 0 Å². The summed E-state index contributed by atoms with van der Waals surface area (Å²) in [5.41, 5.74) is 6.35. The summed E-state index contributed by atoms with van der Waals surface area (Å²) < 4.78 is 4.66. The minimum absolute atomic E-state index is 0.332. The molecule has 1 heterocycles. The van der Waals surface area contributed by atoms with Crippen molar-refractivity contribution in [3.8, 4) is 0 Å². The number of nitrogens with two attached hydrogens (primary N) is 1. The highest BCUT2D eigenvalue weighted by Gasteiger charge is 2.11. The molecule has 0 saturated heterocycles. The van der Waals surface area contributed by atoms with E-state index in [-0.39, 0.29) is 0 Å². The summed E-state index contributed by atoms with van der Waals surface area (Å²) in [6, 6.07) is 1.63. The SMILES string of the molecule is CCCCCCNc1cc(C(=O)OC)c(N)cn1. The zero-order valence-corrected chi connectivity index (χ0v) is 11.0.